The molecule has 8 heteroatoms. The Labute approximate surface area is 215 Å². The van der Waals surface area contributed by atoms with Gasteiger partial charge in [0.25, 0.3) is 5.91 Å². The van der Waals surface area contributed by atoms with E-state index in [0.29, 0.717) is 28.9 Å². The third-order valence-electron chi connectivity index (χ3n) is 6.32. The molecular weight excluding hydrogens is 473 g/mol. The fourth-order valence-corrected chi connectivity index (χ4v) is 4.39. The first-order valence-electron chi connectivity index (χ1n) is 12.1. The van der Waals surface area contributed by atoms with Gasteiger partial charge < -0.3 is 15.0 Å². The number of amides is 2. The van der Waals surface area contributed by atoms with E-state index < -0.39 is 11.9 Å². The first kappa shape index (κ1) is 25.8. The van der Waals surface area contributed by atoms with E-state index in [4.69, 9.17) is 4.74 Å². The topological polar surface area (TPSA) is 88.6 Å². The van der Waals surface area contributed by atoms with Crippen LogP contribution in [0, 0.1) is 5.82 Å². The van der Waals surface area contributed by atoms with Crippen molar-refractivity contribution in [2.24, 2.45) is 0 Å². The standard InChI is InChI=1S/C29H28FN3O4/c1-3-37-29(36)27-19(2)33(26(34)15-25(27)22-10-12-24(30)13-11-22)18-20-6-8-23(9-7-20)28(35)32-17-21-5-4-14-31-16-21/h4-14,16,25H,3,15,17-18H2,1-2H3,(H,32,35). The van der Waals surface area contributed by atoms with Crippen molar-refractivity contribution in [3.05, 3.63) is 112 Å². The van der Waals surface area contributed by atoms with Gasteiger partial charge >= 0.3 is 5.97 Å². The van der Waals surface area contributed by atoms with E-state index >= 15 is 0 Å². The molecule has 7 nitrogen and oxygen atoms in total. The third-order valence-corrected chi connectivity index (χ3v) is 6.32. The SMILES string of the molecule is CCOC(=O)C1=C(C)N(Cc2ccc(C(=O)NCc3cccnc3)cc2)C(=O)CC1c1ccc(F)cc1. The van der Waals surface area contributed by atoms with Gasteiger partial charge in [-0.3, -0.25) is 14.6 Å². The highest BCUT2D eigenvalue weighted by Crippen LogP contribution is 2.37. The van der Waals surface area contributed by atoms with Gasteiger partial charge in [0.2, 0.25) is 5.91 Å². The van der Waals surface area contributed by atoms with Crippen LogP contribution in [-0.4, -0.2) is 34.3 Å². The van der Waals surface area contributed by atoms with Crippen LogP contribution >= 0.6 is 0 Å². The lowest BCUT2D eigenvalue weighted by Crippen LogP contribution is -2.38. The normalized spacial score (nSPS) is 15.5. The maximum Gasteiger partial charge on any atom is 0.336 e. The monoisotopic (exact) mass is 501 g/mol. The lowest BCUT2D eigenvalue weighted by atomic mass is 9.83. The summed E-state index contributed by atoms with van der Waals surface area (Å²) >= 11 is 0. The minimum Gasteiger partial charge on any atom is -0.463 e. The molecule has 0 bridgehead atoms. The number of pyridine rings is 1. The van der Waals surface area contributed by atoms with Crippen LogP contribution in [0.25, 0.3) is 0 Å². The Bertz CT molecular complexity index is 1310. The van der Waals surface area contributed by atoms with Crippen molar-refractivity contribution >= 4 is 17.8 Å². The molecule has 1 atom stereocenters. The second-order valence-electron chi connectivity index (χ2n) is 8.75. The number of rotatable bonds is 8. The molecule has 0 radical (unpaired) electrons. The van der Waals surface area contributed by atoms with Gasteiger partial charge in [-0.2, -0.15) is 0 Å². The minimum atomic E-state index is -0.519. The molecule has 2 heterocycles. The minimum absolute atomic E-state index is 0.0615. The number of carbonyl (C=O) groups excluding carboxylic acids is 3. The highest BCUT2D eigenvalue weighted by atomic mass is 19.1. The number of aromatic nitrogens is 1. The van der Waals surface area contributed by atoms with Gasteiger partial charge in [0.1, 0.15) is 5.82 Å². The van der Waals surface area contributed by atoms with Gasteiger partial charge in [0, 0.05) is 42.5 Å². The predicted molar refractivity (Wildman–Crippen MR) is 135 cm³/mol. The Hall–Kier alpha value is -4.33. The Balaban J connectivity index is 1.52. The summed E-state index contributed by atoms with van der Waals surface area (Å²) in [5.74, 6) is -1.77. The molecule has 190 valence electrons. The van der Waals surface area contributed by atoms with Crippen molar-refractivity contribution in [1.82, 2.24) is 15.2 Å². The average Bonchev–Trinajstić information content (AvgIpc) is 2.91. The number of hydrogen-bond acceptors (Lipinski definition) is 5. The molecule has 0 fully saturated rings. The molecule has 37 heavy (non-hydrogen) atoms. The zero-order valence-electron chi connectivity index (χ0n) is 20.7. The van der Waals surface area contributed by atoms with E-state index in [1.54, 1.807) is 67.5 Å². The van der Waals surface area contributed by atoms with Crippen molar-refractivity contribution in [3.63, 3.8) is 0 Å². The maximum atomic E-state index is 13.5. The Kier molecular flexibility index (Phi) is 8.08. The van der Waals surface area contributed by atoms with Crippen LogP contribution in [0.15, 0.2) is 84.3 Å². The average molecular weight is 502 g/mol. The number of benzene rings is 2. The zero-order valence-corrected chi connectivity index (χ0v) is 20.7. The first-order chi connectivity index (χ1) is 17.9. The smallest absolute Gasteiger partial charge is 0.336 e. The highest BCUT2D eigenvalue weighted by Gasteiger charge is 2.36. The number of carbonyl (C=O) groups is 3. The van der Waals surface area contributed by atoms with E-state index in [2.05, 4.69) is 10.3 Å². The van der Waals surface area contributed by atoms with Crippen LogP contribution in [0.5, 0.6) is 0 Å². The second kappa shape index (κ2) is 11.6. The number of allylic oxidation sites excluding steroid dienone is 1. The maximum absolute atomic E-state index is 13.5. The van der Waals surface area contributed by atoms with Crippen LogP contribution in [0.1, 0.15) is 53.2 Å². The molecule has 1 aliphatic heterocycles. The van der Waals surface area contributed by atoms with Crippen LogP contribution in [0.2, 0.25) is 0 Å². The van der Waals surface area contributed by atoms with Gasteiger partial charge in [-0.25, -0.2) is 9.18 Å². The van der Waals surface area contributed by atoms with E-state index in [9.17, 15) is 18.8 Å². The molecule has 3 aromatic rings. The van der Waals surface area contributed by atoms with Crippen molar-refractivity contribution in [1.29, 1.82) is 0 Å². The van der Waals surface area contributed by atoms with E-state index in [0.717, 1.165) is 11.1 Å². The molecule has 0 aliphatic carbocycles. The zero-order chi connectivity index (χ0) is 26.4. The molecule has 1 aromatic heterocycles. The van der Waals surface area contributed by atoms with Crippen LogP contribution in [0.3, 0.4) is 0 Å². The Morgan fingerprint density at radius 1 is 1.08 bits per heavy atom. The summed E-state index contributed by atoms with van der Waals surface area (Å²) in [6.07, 6.45) is 3.43. The van der Waals surface area contributed by atoms with Crippen molar-refractivity contribution in [3.8, 4) is 0 Å². The summed E-state index contributed by atoms with van der Waals surface area (Å²) < 4.78 is 18.8. The van der Waals surface area contributed by atoms with E-state index in [-0.39, 0.29) is 37.2 Å². The number of halogens is 1. The number of esters is 1. The molecule has 1 unspecified atom stereocenters. The molecule has 2 amide bonds. The van der Waals surface area contributed by atoms with Gasteiger partial charge in [-0.15, -0.1) is 0 Å². The molecule has 4 rings (SSSR count). The van der Waals surface area contributed by atoms with E-state index in [1.807, 2.05) is 12.1 Å². The summed E-state index contributed by atoms with van der Waals surface area (Å²) in [7, 11) is 0. The molecule has 1 aliphatic rings. The number of nitrogens with zero attached hydrogens (tertiary/aromatic N) is 2. The molecular formula is C29H28FN3O4. The molecule has 2 aromatic carbocycles. The van der Waals surface area contributed by atoms with Crippen molar-refractivity contribution in [2.45, 2.75) is 39.3 Å². The summed E-state index contributed by atoms with van der Waals surface area (Å²) in [4.78, 5) is 44.2. The van der Waals surface area contributed by atoms with Crippen LogP contribution < -0.4 is 5.32 Å². The van der Waals surface area contributed by atoms with Gasteiger partial charge in [0.05, 0.1) is 18.7 Å². The second-order valence-corrected chi connectivity index (χ2v) is 8.75. The number of nitrogens with one attached hydrogen (secondary N) is 1. The molecule has 0 saturated heterocycles. The summed E-state index contributed by atoms with van der Waals surface area (Å²) in [5, 5.41) is 2.86. The lowest BCUT2D eigenvalue weighted by molar-refractivity contribution is -0.140. The predicted octanol–water partition coefficient (Wildman–Crippen LogP) is 4.50. The highest BCUT2D eigenvalue weighted by molar-refractivity contribution is 5.96. The van der Waals surface area contributed by atoms with Crippen molar-refractivity contribution < 1.29 is 23.5 Å². The van der Waals surface area contributed by atoms with Crippen molar-refractivity contribution in [2.75, 3.05) is 6.61 Å². The Morgan fingerprint density at radius 3 is 2.46 bits per heavy atom. The largest absolute Gasteiger partial charge is 0.463 e. The fraction of sp³-hybridized carbons (Fsp3) is 0.241. The van der Waals surface area contributed by atoms with Gasteiger partial charge in [-0.1, -0.05) is 30.3 Å². The quantitative estimate of drug-likeness (QED) is 0.459. The first-order valence-corrected chi connectivity index (χ1v) is 12.1. The van der Waals surface area contributed by atoms with Gasteiger partial charge in [-0.05, 0) is 60.9 Å². The third kappa shape index (κ3) is 6.09. The molecule has 0 saturated carbocycles. The Morgan fingerprint density at radius 2 is 1.81 bits per heavy atom. The number of ether oxygens (including phenoxy) is 1. The van der Waals surface area contributed by atoms with Gasteiger partial charge in [0.15, 0.2) is 0 Å². The van der Waals surface area contributed by atoms with Crippen LogP contribution in [0.4, 0.5) is 4.39 Å². The molecule has 1 N–H and O–H groups in total. The molecule has 0 spiro atoms. The van der Waals surface area contributed by atoms with Crippen LogP contribution in [-0.2, 0) is 27.4 Å². The lowest BCUT2D eigenvalue weighted by Gasteiger charge is -2.34. The number of hydrogen-bond donors (Lipinski definition) is 1. The summed E-state index contributed by atoms with van der Waals surface area (Å²) in [6, 6.07) is 16.5. The summed E-state index contributed by atoms with van der Waals surface area (Å²) in [5.41, 5.74) is 3.77. The summed E-state index contributed by atoms with van der Waals surface area (Å²) in [6.45, 7) is 4.25. The van der Waals surface area contributed by atoms with E-state index in [1.165, 1.54) is 12.1 Å². The fourth-order valence-electron chi connectivity index (χ4n) is 4.39.